The van der Waals surface area contributed by atoms with Crippen LogP contribution in [0.3, 0.4) is 0 Å². The Morgan fingerprint density at radius 2 is 2.19 bits per heavy atom. The van der Waals surface area contributed by atoms with Crippen LogP contribution >= 0.6 is 0 Å². The van der Waals surface area contributed by atoms with Crippen molar-refractivity contribution in [2.45, 2.75) is 13.8 Å². The summed E-state index contributed by atoms with van der Waals surface area (Å²) in [5, 5.41) is 11.8. The van der Waals surface area contributed by atoms with Gasteiger partial charge in [-0.3, -0.25) is 4.79 Å². The van der Waals surface area contributed by atoms with E-state index in [0.29, 0.717) is 23.8 Å². The molecule has 0 bridgehead atoms. The van der Waals surface area contributed by atoms with Crippen molar-refractivity contribution in [1.82, 2.24) is 5.32 Å². The zero-order valence-corrected chi connectivity index (χ0v) is 9.78. The summed E-state index contributed by atoms with van der Waals surface area (Å²) in [6, 6.07) is 4.50. The van der Waals surface area contributed by atoms with Gasteiger partial charge in [0.05, 0.1) is 12.2 Å². The van der Waals surface area contributed by atoms with Gasteiger partial charge in [-0.1, -0.05) is 13.8 Å². The first-order valence-corrected chi connectivity index (χ1v) is 5.22. The summed E-state index contributed by atoms with van der Waals surface area (Å²) in [4.78, 5) is 11.5. The van der Waals surface area contributed by atoms with Gasteiger partial charge in [-0.25, -0.2) is 0 Å². The molecule has 0 fully saturated rings. The van der Waals surface area contributed by atoms with Crippen LogP contribution in [0, 0.1) is 5.92 Å². The molecule has 2 N–H and O–H groups in total. The SMILES string of the molecule is CNC(=O)c1cc(O)ccc1OCC(C)C. The first-order chi connectivity index (χ1) is 7.54. The van der Waals surface area contributed by atoms with E-state index in [9.17, 15) is 9.90 Å². The van der Waals surface area contributed by atoms with Gasteiger partial charge in [-0.05, 0) is 24.1 Å². The minimum absolute atomic E-state index is 0.0514. The standard InChI is InChI=1S/C12H17NO3/c1-8(2)7-16-11-5-4-9(14)6-10(11)12(15)13-3/h4-6,8,14H,7H2,1-3H3,(H,13,15). The Bertz CT molecular complexity index is 375. The first-order valence-electron chi connectivity index (χ1n) is 5.22. The summed E-state index contributed by atoms with van der Waals surface area (Å²) in [6.45, 7) is 4.59. The average molecular weight is 223 g/mol. The molecule has 0 atom stereocenters. The molecule has 1 aromatic carbocycles. The highest BCUT2D eigenvalue weighted by molar-refractivity contribution is 5.97. The van der Waals surface area contributed by atoms with Gasteiger partial charge >= 0.3 is 0 Å². The number of nitrogens with one attached hydrogen (secondary N) is 1. The fraction of sp³-hybridized carbons (Fsp3) is 0.417. The Labute approximate surface area is 95.2 Å². The Morgan fingerprint density at radius 1 is 1.50 bits per heavy atom. The lowest BCUT2D eigenvalue weighted by Gasteiger charge is -2.12. The van der Waals surface area contributed by atoms with Crippen LogP contribution in [-0.2, 0) is 0 Å². The van der Waals surface area contributed by atoms with Crippen molar-refractivity contribution in [1.29, 1.82) is 0 Å². The maximum Gasteiger partial charge on any atom is 0.254 e. The number of hydrogen-bond donors (Lipinski definition) is 2. The van der Waals surface area contributed by atoms with Crippen LogP contribution in [0.15, 0.2) is 18.2 Å². The molecule has 0 heterocycles. The molecule has 4 nitrogen and oxygen atoms in total. The Morgan fingerprint density at radius 3 is 2.75 bits per heavy atom. The summed E-state index contributed by atoms with van der Waals surface area (Å²) in [5.41, 5.74) is 0.350. The van der Waals surface area contributed by atoms with Crippen molar-refractivity contribution in [3.63, 3.8) is 0 Å². The van der Waals surface area contributed by atoms with Crippen molar-refractivity contribution >= 4 is 5.91 Å². The molecule has 0 saturated carbocycles. The van der Waals surface area contributed by atoms with Gasteiger partial charge < -0.3 is 15.2 Å². The lowest BCUT2D eigenvalue weighted by Crippen LogP contribution is -2.19. The van der Waals surface area contributed by atoms with Crippen molar-refractivity contribution in [3.05, 3.63) is 23.8 Å². The maximum absolute atomic E-state index is 11.5. The molecule has 88 valence electrons. The van der Waals surface area contributed by atoms with E-state index in [1.54, 1.807) is 13.1 Å². The number of ether oxygens (including phenoxy) is 1. The molecule has 0 aliphatic carbocycles. The topological polar surface area (TPSA) is 58.6 Å². The smallest absolute Gasteiger partial charge is 0.254 e. The molecule has 0 saturated heterocycles. The molecular weight excluding hydrogens is 206 g/mol. The highest BCUT2D eigenvalue weighted by Crippen LogP contribution is 2.23. The second kappa shape index (κ2) is 5.39. The van der Waals surface area contributed by atoms with E-state index in [-0.39, 0.29) is 11.7 Å². The zero-order chi connectivity index (χ0) is 12.1. The summed E-state index contributed by atoms with van der Waals surface area (Å²) in [6.07, 6.45) is 0. The molecule has 0 radical (unpaired) electrons. The number of benzene rings is 1. The van der Waals surface area contributed by atoms with E-state index < -0.39 is 0 Å². The average Bonchev–Trinajstić information content (AvgIpc) is 2.26. The highest BCUT2D eigenvalue weighted by atomic mass is 16.5. The van der Waals surface area contributed by atoms with E-state index in [2.05, 4.69) is 5.32 Å². The number of phenols is 1. The van der Waals surface area contributed by atoms with Crippen LogP contribution in [0.5, 0.6) is 11.5 Å². The third kappa shape index (κ3) is 3.15. The fourth-order valence-corrected chi connectivity index (χ4v) is 1.21. The van der Waals surface area contributed by atoms with E-state index in [4.69, 9.17) is 4.74 Å². The molecule has 0 unspecified atom stereocenters. The van der Waals surface area contributed by atoms with Gasteiger partial charge in [0, 0.05) is 7.05 Å². The molecule has 1 aromatic rings. The monoisotopic (exact) mass is 223 g/mol. The van der Waals surface area contributed by atoms with Crippen molar-refractivity contribution < 1.29 is 14.6 Å². The molecule has 0 aromatic heterocycles. The number of phenolic OH excluding ortho intramolecular Hbond substituents is 1. The van der Waals surface area contributed by atoms with E-state index in [1.165, 1.54) is 12.1 Å². The van der Waals surface area contributed by atoms with Crippen molar-refractivity contribution in [3.8, 4) is 11.5 Å². The third-order valence-corrected chi connectivity index (χ3v) is 2.01. The van der Waals surface area contributed by atoms with E-state index in [0.717, 1.165) is 0 Å². The fourth-order valence-electron chi connectivity index (χ4n) is 1.21. The minimum Gasteiger partial charge on any atom is -0.508 e. The molecule has 0 aliphatic rings. The van der Waals surface area contributed by atoms with E-state index in [1.807, 2.05) is 13.8 Å². The molecule has 16 heavy (non-hydrogen) atoms. The molecular formula is C12H17NO3. The van der Waals surface area contributed by atoms with Crippen LogP contribution in [0.4, 0.5) is 0 Å². The highest BCUT2D eigenvalue weighted by Gasteiger charge is 2.12. The summed E-state index contributed by atoms with van der Waals surface area (Å²) < 4.78 is 5.50. The van der Waals surface area contributed by atoms with Crippen molar-refractivity contribution in [2.75, 3.05) is 13.7 Å². The summed E-state index contributed by atoms with van der Waals surface area (Å²) in [7, 11) is 1.54. The van der Waals surface area contributed by atoms with Gasteiger partial charge in [-0.2, -0.15) is 0 Å². The van der Waals surface area contributed by atoms with Gasteiger partial charge in [0.25, 0.3) is 5.91 Å². The van der Waals surface area contributed by atoms with Crippen LogP contribution in [0.2, 0.25) is 0 Å². The Balaban J connectivity index is 2.93. The zero-order valence-electron chi connectivity index (χ0n) is 9.78. The number of amides is 1. The lowest BCUT2D eigenvalue weighted by atomic mass is 10.1. The van der Waals surface area contributed by atoms with Crippen LogP contribution < -0.4 is 10.1 Å². The third-order valence-electron chi connectivity index (χ3n) is 2.01. The first kappa shape index (κ1) is 12.4. The predicted molar refractivity (Wildman–Crippen MR) is 61.8 cm³/mol. The normalized spacial score (nSPS) is 10.2. The quantitative estimate of drug-likeness (QED) is 0.818. The molecule has 0 aliphatic heterocycles. The Hall–Kier alpha value is -1.71. The molecule has 1 amide bonds. The predicted octanol–water partition coefficient (Wildman–Crippen LogP) is 1.79. The number of aromatic hydroxyl groups is 1. The number of rotatable bonds is 4. The van der Waals surface area contributed by atoms with Crippen molar-refractivity contribution in [2.24, 2.45) is 5.92 Å². The largest absolute Gasteiger partial charge is 0.508 e. The number of carbonyl (C=O) groups is 1. The minimum atomic E-state index is -0.269. The van der Waals surface area contributed by atoms with Gasteiger partial charge in [0.1, 0.15) is 11.5 Å². The Kier molecular flexibility index (Phi) is 4.17. The molecule has 4 heteroatoms. The van der Waals surface area contributed by atoms with Gasteiger partial charge in [0.2, 0.25) is 0 Å². The molecule has 1 rings (SSSR count). The number of carbonyl (C=O) groups excluding carboxylic acids is 1. The van der Waals surface area contributed by atoms with Gasteiger partial charge in [-0.15, -0.1) is 0 Å². The summed E-state index contributed by atoms with van der Waals surface area (Å²) in [5.74, 6) is 0.655. The maximum atomic E-state index is 11.5. The van der Waals surface area contributed by atoms with Crippen LogP contribution in [0.1, 0.15) is 24.2 Å². The van der Waals surface area contributed by atoms with Crippen LogP contribution in [0.25, 0.3) is 0 Å². The lowest BCUT2D eigenvalue weighted by molar-refractivity contribution is 0.0958. The summed E-state index contributed by atoms with van der Waals surface area (Å²) >= 11 is 0. The second-order valence-corrected chi connectivity index (χ2v) is 3.96. The molecule has 0 spiro atoms. The number of hydrogen-bond acceptors (Lipinski definition) is 3. The van der Waals surface area contributed by atoms with Gasteiger partial charge in [0.15, 0.2) is 0 Å². The van der Waals surface area contributed by atoms with Crippen LogP contribution in [-0.4, -0.2) is 24.7 Å². The van der Waals surface area contributed by atoms with E-state index >= 15 is 0 Å². The second-order valence-electron chi connectivity index (χ2n) is 3.96.